The maximum Gasteiger partial charge on any atom is 0.328 e. The van der Waals surface area contributed by atoms with E-state index in [1.54, 1.807) is 6.92 Å². The Morgan fingerprint density at radius 1 is 0.590 bits per heavy atom. The van der Waals surface area contributed by atoms with Crippen molar-refractivity contribution in [2.75, 3.05) is 13.2 Å². The van der Waals surface area contributed by atoms with Crippen molar-refractivity contribution < 1.29 is 33.4 Å². The topological polar surface area (TPSA) is 109 Å². The monoisotopic (exact) mass is 566 g/mol. The number of hydrogen-bond acceptors (Lipinski definition) is 7. The highest BCUT2D eigenvalue weighted by Crippen LogP contribution is 2.58. The smallest absolute Gasteiger partial charge is 0.328 e. The molecule has 0 aliphatic rings. The zero-order valence-corrected chi connectivity index (χ0v) is 23.2. The van der Waals surface area contributed by atoms with Crippen LogP contribution < -0.4 is 0 Å². The number of benzene rings is 4. The van der Waals surface area contributed by atoms with Gasteiger partial charge in [-0.2, -0.15) is 0 Å². The summed E-state index contributed by atoms with van der Waals surface area (Å²) in [7, 11) is -5.43. The van der Waals surface area contributed by atoms with E-state index < -0.39 is 34.3 Å². The maximum atomic E-state index is 10.5. The van der Waals surface area contributed by atoms with E-state index in [1.807, 2.05) is 121 Å². The van der Waals surface area contributed by atoms with E-state index in [4.69, 9.17) is 13.8 Å². The van der Waals surface area contributed by atoms with Gasteiger partial charge in [-0.15, -0.1) is 0 Å². The minimum absolute atomic E-state index is 0.0778. The van der Waals surface area contributed by atoms with Crippen molar-refractivity contribution in [3.63, 3.8) is 0 Å². The first-order chi connectivity index (χ1) is 18.9. The van der Waals surface area contributed by atoms with Crippen LogP contribution in [0.1, 0.15) is 29.2 Å². The number of ether oxygens (including phenoxy) is 1. The molecule has 0 bridgehead atoms. The van der Waals surface area contributed by atoms with Crippen LogP contribution in [-0.2, 0) is 24.8 Å². The lowest BCUT2D eigenvalue weighted by Gasteiger charge is -2.51. The number of hydrogen-bond donors (Lipinski definition) is 4. The Hall–Kier alpha value is -2.54. The molecule has 204 valence electrons. The molecule has 0 heterocycles. The van der Waals surface area contributed by atoms with Crippen LogP contribution in [0.25, 0.3) is 0 Å². The molecule has 0 saturated carbocycles. The third kappa shape index (κ3) is 6.45. The number of rotatable bonds is 13. The normalized spacial score (nSPS) is 14.3. The largest absolute Gasteiger partial charge is 0.373 e. The molecule has 0 amide bonds. The summed E-state index contributed by atoms with van der Waals surface area (Å²) in [5.74, 6) is 0. The average Bonchev–Trinajstić information content (AvgIpc) is 2.97. The van der Waals surface area contributed by atoms with Crippen LogP contribution in [-0.4, -0.2) is 38.9 Å². The van der Waals surface area contributed by atoms with Crippen molar-refractivity contribution in [1.29, 1.82) is 0 Å². The lowest BCUT2D eigenvalue weighted by molar-refractivity contribution is -0.0956. The molecule has 2 unspecified atom stereocenters. The third-order valence-corrected chi connectivity index (χ3v) is 7.55. The van der Waals surface area contributed by atoms with Gasteiger partial charge in [-0.05, 0) is 29.2 Å². The molecule has 0 aromatic heterocycles. The Balaban J connectivity index is 2.08. The molecule has 0 spiro atoms. The Morgan fingerprint density at radius 3 is 1.33 bits per heavy atom. The van der Waals surface area contributed by atoms with Crippen LogP contribution in [0.5, 0.6) is 0 Å². The van der Waals surface area contributed by atoms with Gasteiger partial charge >= 0.3 is 17.2 Å². The summed E-state index contributed by atoms with van der Waals surface area (Å²) in [6.45, 7) is 1.53. The van der Waals surface area contributed by atoms with Gasteiger partial charge in [0.25, 0.3) is 0 Å². The van der Waals surface area contributed by atoms with Crippen molar-refractivity contribution in [2.24, 2.45) is 0 Å². The molecule has 0 radical (unpaired) electrons. The van der Waals surface area contributed by atoms with E-state index in [0.29, 0.717) is 5.56 Å². The zero-order chi connectivity index (χ0) is 27.7. The Labute approximate surface area is 231 Å². The van der Waals surface area contributed by atoms with Crippen molar-refractivity contribution in [3.05, 3.63) is 144 Å². The second-order valence-corrected chi connectivity index (χ2v) is 10.5. The molecule has 4 aromatic carbocycles. The van der Waals surface area contributed by atoms with Gasteiger partial charge in [0.1, 0.15) is 5.60 Å². The first-order valence-corrected chi connectivity index (χ1v) is 14.7. The quantitative estimate of drug-likeness (QED) is 0.120. The highest BCUT2D eigenvalue weighted by atomic mass is 31.2. The van der Waals surface area contributed by atoms with Gasteiger partial charge in [-0.3, -0.25) is 4.52 Å². The lowest BCUT2D eigenvalue weighted by Crippen LogP contribution is -2.55. The minimum Gasteiger partial charge on any atom is -0.373 e. The van der Waals surface area contributed by atoms with Gasteiger partial charge in [0.05, 0.1) is 24.7 Å². The molecule has 0 aliphatic carbocycles. The summed E-state index contributed by atoms with van der Waals surface area (Å²) in [6.07, 6.45) is -0.579. The summed E-state index contributed by atoms with van der Waals surface area (Å²) in [6, 6.07) is 38.8. The van der Waals surface area contributed by atoms with E-state index in [2.05, 4.69) is 0 Å². The van der Waals surface area contributed by atoms with Gasteiger partial charge in [-0.1, -0.05) is 121 Å². The minimum atomic E-state index is -2.88. The van der Waals surface area contributed by atoms with Crippen molar-refractivity contribution in [3.8, 4) is 0 Å². The fourth-order valence-electron chi connectivity index (χ4n) is 5.15. The lowest BCUT2D eigenvalue weighted by atomic mass is 9.57. The maximum absolute atomic E-state index is 10.5. The molecule has 0 aliphatic heterocycles. The molecule has 0 fully saturated rings. The van der Waals surface area contributed by atoms with E-state index in [1.165, 1.54) is 0 Å². The molecular weight excluding hydrogens is 534 g/mol. The molecule has 7 nitrogen and oxygen atoms in total. The SMILES string of the molecule is CC(COP(O)O)OCC(OP(O)O)(c1ccccc1)C(c1ccccc1)(c1ccccc1)c1ccccc1. The fraction of sp³-hybridized carbons (Fsp3) is 0.200. The predicted octanol–water partition coefficient (Wildman–Crippen LogP) is 5.78. The van der Waals surface area contributed by atoms with Crippen LogP contribution in [0, 0.1) is 0 Å². The highest BCUT2D eigenvalue weighted by molar-refractivity contribution is 7.39. The predicted molar refractivity (Wildman–Crippen MR) is 152 cm³/mol. The third-order valence-electron chi connectivity index (χ3n) is 6.70. The Bertz CT molecular complexity index is 1170. The van der Waals surface area contributed by atoms with E-state index in [9.17, 15) is 19.6 Å². The summed E-state index contributed by atoms with van der Waals surface area (Å²) in [5.41, 5.74) is 0.576. The van der Waals surface area contributed by atoms with Gasteiger partial charge in [0.2, 0.25) is 0 Å². The summed E-state index contributed by atoms with van der Waals surface area (Å²) in [5, 5.41) is 0. The molecule has 4 rings (SSSR count). The second-order valence-electron chi connectivity index (χ2n) is 9.06. The highest BCUT2D eigenvalue weighted by Gasteiger charge is 2.58. The Morgan fingerprint density at radius 2 is 0.974 bits per heavy atom. The summed E-state index contributed by atoms with van der Waals surface area (Å²) >= 11 is 0. The molecule has 9 heteroatoms. The van der Waals surface area contributed by atoms with Gasteiger partial charge in [0, 0.05) is 0 Å². The van der Waals surface area contributed by atoms with Crippen LogP contribution in [0.15, 0.2) is 121 Å². The van der Waals surface area contributed by atoms with Crippen LogP contribution in [0.4, 0.5) is 0 Å². The van der Waals surface area contributed by atoms with E-state index in [0.717, 1.165) is 16.7 Å². The average molecular weight is 567 g/mol. The van der Waals surface area contributed by atoms with Gasteiger partial charge in [0.15, 0.2) is 0 Å². The van der Waals surface area contributed by atoms with Crippen LogP contribution >= 0.6 is 17.2 Å². The molecule has 4 N–H and O–H groups in total. The standard InChI is InChI=1S/C30H32O7P2/c1-24(22-36-38(31)32)35-23-29(37-39(33)34,25-14-6-2-7-15-25)30(26-16-8-3-9-17-26,27-18-10-4-11-19-27)28-20-12-5-13-21-28/h2-21,24,31-34H,22-23H2,1H3. The summed E-state index contributed by atoms with van der Waals surface area (Å²) in [4.78, 5) is 39.6. The Kier molecular flexibility index (Phi) is 10.3. The molecular formula is C30H32O7P2. The van der Waals surface area contributed by atoms with Gasteiger partial charge < -0.3 is 28.8 Å². The van der Waals surface area contributed by atoms with Crippen molar-refractivity contribution in [1.82, 2.24) is 0 Å². The van der Waals surface area contributed by atoms with Gasteiger partial charge in [-0.25, -0.2) is 0 Å². The first kappa shape index (κ1) is 29.4. The zero-order valence-electron chi connectivity index (χ0n) is 21.4. The van der Waals surface area contributed by atoms with Crippen molar-refractivity contribution in [2.45, 2.75) is 24.0 Å². The van der Waals surface area contributed by atoms with Crippen LogP contribution in [0.2, 0.25) is 0 Å². The molecule has 0 saturated heterocycles. The van der Waals surface area contributed by atoms with Crippen LogP contribution in [0.3, 0.4) is 0 Å². The van der Waals surface area contributed by atoms with E-state index >= 15 is 0 Å². The second kappa shape index (κ2) is 13.7. The fourth-order valence-corrected chi connectivity index (χ4v) is 6.06. The van der Waals surface area contributed by atoms with E-state index in [-0.39, 0.29) is 13.2 Å². The van der Waals surface area contributed by atoms with Crippen molar-refractivity contribution >= 4 is 17.2 Å². The first-order valence-electron chi connectivity index (χ1n) is 12.4. The molecule has 39 heavy (non-hydrogen) atoms. The molecule has 2 atom stereocenters. The summed E-state index contributed by atoms with van der Waals surface area (Å²) < 4.78 is 17.7. The molecule has 4 aromatic rings.